The number of aliphatic hydroxyl groups excluding tert-OH is 1. The van der Waals surface area contributed by atoms with Crippen LogP contribution in [0.2, 0.25) is 0 Å². The normalized spacial score (nSPS) is 22.9. The van der Waals surface area contributed by atoms with Crippen molar-refractivity contribution in [3.63, 3.8) is 0 Å². The van der Waals surface area contributed by atoms with Gasteiger partial charge in [0.1, 0.15) is 18.1 Å². The molecule has 35 heavy (non-hydrogen) atoms. The van der Waals surface area contributed by atoms with E-state index in [-0.39, 0.29) is 24.2 Å². The van der Waals surface area contributed by atoms with E-state index >= 15 is 0 Å². The van der Waals surface area contributed by atoms with Gasteiger partial charge in [-0.1, -0.05) is 18.2 Å². The summed E-state index contributed by atoms with van der Waals surface area (Å²) in [7, 11) is 3.43. The molecular formula is C28H40N2O5. The molecule has 7 nitrogen and oxygen atoms in total. The van der Waals surface area contributed by atoms with Gasteiger partial charge in [0, 0.05) is 38.8 Å². The highest BCUT2D eigenvalue weighted by Gasteiger charge is 2.32. The van der Waals surface area contributed by atoms with E-state index in [2.05, 4.69) is 40.5 Å². The van der Waals surface area contributed by atoms with Crippen molar-refractivity contribution in [3.8, 4) is 11.5 Å². The Kier molecular flexibility index (Phi) is 9.26. The summed E-state index contributed by atoms with van der Waals surface area (Å²) in [6, 6.07) is 14.9. The van der Waals surface area contributed by atoms with Crippen LogP contribution in [0.4, 0.5) is 5.69 Å². The van der Waals surface area contributed by atoms with Crippen LogP contribution in [-0.4, -0.2) is 70.4 Å². The lowest BCUT2D eigenvalue weighted by Crippen LogP contribution is -2.48. The summed E-state index contributed by atoms with van der Waals surface area (Å²) in [4.78, 5) is 2.38. The summed E-state index contributed by atoms with van der Waals surface area (Å²) < 4.78 is 23.0. The van der Waals surface area contributed by atoms with Crippen molar-refractivity contribution in [2.45, 2.75) is 57.0 Å². The Labute approximate surface area is 209 Å². The topological polar surface area (TPSA) is 72.4 Å². The van der Waals surface area contributed by atoms with Gasteiger partial charge in [0.25, 0.3) is 0 Å². The van der Waals surface area contributed by atoms with Gasteiger partial charge in [-0.15, -0.1) is 0 Å². The van der Waals surface area contributed by atoms with E-state index < -0.39 is 0 Å². The number of hydrogen-bond donors (Lipinski definition) is 2. The van der Waals surface area contributed by atoms with Crippen molar-refractivity contribution < 1.29 is 24.1 Å². The van der Waals surface area contributed by atoms with Gasteiger partial charge in [-0.05, 0) is 61.6 Å². The van der Waals surface area contributed by atoms with Crippen LogP contribution in [0.25, 0.3) is 0 Å². The average molecular weight is 485 g/mol. The van der Waals surface area contributed by atoms with E-state index in [0.29, 0.717) is 13.2 Å². The molecule has 4 atom stereocenters. The molecule has 2 heterocycles. The largest absolute Gasteiger partial charge is 0.497 e. The SMILES string of the molecule is COCCCN1CCOc2ccc(CO[C@H]3CN[C@@H](C[C@@H](C)O)C[C@@H]3c3ccc(OC)cc3)cc21. The van der Waals surface area contributed by atoms with Crippen molar-refractivity contribution in [2.75, 3.05) is 52.0 Å². The van der Waals surface area contributed by atoms with E-state index in [9.17, 15) is 5.11 Å². The van der Waals surface area contributed by atoms with E-state index in [0.717, 1.165) is 68.3 Å². The molecule has 1 saturated heterocycles. The summed E-state index contributed by atoms with van der Waals surface area (Å²) in [6.07, 6.45) is 2.36. The van der Waals surface area contributed by atoms with E-state index in [4.69, 9.17) is 18.9 Å². The molecule has 0 aromatic heterocycles. The molecule has 0 aliphatic carbocycles. The maximum absolute atomic E-state index is 9.93. The first-order valence-electron chi connectivity index (χ1n) is 12.7. The zero-order chi connectivity index (χ0) is 24.6. The first-order chi connectivity index (χ1) is 17.1. The third kappa shape index (κ3) is 6.88. The third-order valence-electron chi connectivity index (χ3n) is 6.99. The average Bonchev–Trinajstić information content (AvgIpc) is 2.88. The minimum absolute atomic E-state index is 0.0405. The van der Waals surface area contributed by atoms with E-state index in [1.54, 1.807) is 14.2 Å². The number of ether oxygens (including phenoxy) is 4. The van der Waals surface area contributed by atoms with Gasteiger partial charge in [0.05, 0.1) is 38.2 Å². The fourth-order valence-corrected chi connectivity index (χ4v) is 5.18. The second-order valence-electron chi connectivity index (χ2n) is 9.64. The molecule has 192 valence electrons. The number of anilines is 1. The molecule has 7 heteroatoms. The third-order valence-corrected chi connectivity index (χ3v) is 6.99. The number of piperidine rings is 1. The smallest absolute Gasteiger partial charge is 0.142 e. The Balaban J connectivity index is 1.45. The molecule has 0 radical (unpaired) electrons. The van der Waals surface area contributed by atoms with Crippen LogP contribution < -0.4 is 19.7 Å². The van der Waals surface area contributed by atoms with Crippen LogP contribution in [0.15, 0.2) is 42.5 Å². The summed E-state index contributed by atoms with van der Waals surface area (Å²) >= 11 is 0. The quantitative estimate of drug-likeness (QED) is 0.471. The fraction of sp³-hybridized carbons (Fsp3) is 0.571. The molecule has 4 rings (SSSR count). The summed E-state index contributed by atoms with van der Waals surface area (Å²) in [5, 5.41) is 13.5. The highest BCUT2D eigenvalue weighted by Crippen LogP contribution is 2.35. The number of benzene rings is 2. The minimum Gasteiger partial charge on any atom is -0.497 e. The van der Waals surface area contributed by atoms with Crippen molar-refractivity contribution in [2.24, 2.45) is 0 Å². The summed E-state index contributed by atoms with van der Waals surface area (Å²) in [5.41, 5.74) is 3.53. The van der Waals surface area contributed by atoms with Crippen LogP contribution in [0.3, 0.4) is 0 Å². The van der Waals surface area contributed by atoms with Gasteiger partial charge < -0.3 is 34.3 Å². The van der Waals surface area contributed by atoms with Crippen LogP contribution >= 0.6 is 0 Å². The molecule has 1 fully saturated rings. The molecule has 0 saturated carbocycles. The Hall–Kier alpha value is -2.32. The van der Waals surface area contributed by atoms with Gasteiger partial charge in [0.15, 0.2) is 0 Å². The number of hydrogen-bond acceptors (Lipinski definition) is 7. The Morgan fingerprint density at radius 1 is 1.17 bits per heavy atom. The predicted octanol–water partition coefficient (Wildman–Crippen LogP) is 3.73. The predicted molar refractivity (Wildman–Crippen MR) is 138 cm³/mol. The number of nitrogens with zero attached hydrogens (tertiary/aromatic N) is 1. The molecular weight excluding hydrogens is 444 g/mol. The maximum atomic E-state index is 9.93. The second-order valence-corrected chi connectivity index (χ2v) is 9.64. The van der Waals surface area contributed by atoms with Gasteiger partial charge in [0.2, 0.25) is 0 Å². The van der Waals surface area contributed by atoms with Gasteiger partial charge in [-0.2, -0.15) is 0 Å². The van der Waals surface area contributed by atoms with E-state index in [1.165, 1.54) is 5.56 Å². The lowest BCUT2D eigenvalue weighted by molar-refractivity contribution is -0.000974. The van der Waals surface area contributed by atoms with Crippen LogP contribution in [0.1, 0.15) is 43.2 Å². The standard InChI is InChI=1S/C28H40N2O5/c1-20(31)15-23-17-25(22-6-8-24(33-3)9-7-22)28(18-29-23)35-19-21-5-10-27-26(16-21)30(12-14-34-27)11-4-13-32-2/h5-10,16,20,23,25,28-29,31H,4,11-15,17-19H2,1-3H3/t20-,23+,25-,28+/m1/s1. The number of methoxy groups -OCH3 is 2. The van der Waals surface area contributed by atoms with Crippen molar-refractivity contribution in [1.29, 1.82) is 0 Å². The molecule has 2 aliphatic heterocycles. The number of rotatable bonds is 11. The van der Waals surface area contributed by atoms with Crippen molar-refractivity contribution in [3.05, 3.63) is 53.6 Å². The first kappa shape index (κ1) is 25.8. The molecule has 2 N–H and O–H groups in total. The molecule has 0 unspecified atom stereocenters. The highest BCUT2D eigenvalue weighted by molar-refractivity contribution is 5.61. The number of fused-ring (bicyclic) bond motifs is 1. The number of aliphatic hydroxyl groups is 1. The summed E-state index contributed by atoms with van der Waals surface area (Å²) in [5.74, 6) is 2.04. The van der Waals surface area contributed by atoms with Crippen molar-refractivity contribution >= 4 is 5.69 Å². The van der Waals surface area contributed by atoms with Gasteiger partial charge in [-0.3, -0.25) is 0 Å². The zero-order valence-electron chi connectivity index (χ0n) is 21.2. The van der Waals surface area contributed by atoms with Gasteiger partial charge in [-0.25, -0.2) is 0 Å². The second kappa shape index (κ2) is 12.6. The van der Waals surface area contributed by atoms with E-state index in [1.807, 2.05) is 19.1 Å². The monoisotopic (exact) mass is 484 g/mol. The van der Waals surface area contributed by atoms with Crippen LogP contribution in [0, 0.1) is 0 Å². The Bertz CT molecular complexity index is 920. The minimum atomic E-state index is -0.328. The van der Waals surface area contributed by atoms with Gasteiger partial charge >= 0.3 is 0 Å². The van der Waals surface area contributed by atoms with Crippen LogP contribution in [0.5, 0.6) is 11.5 Å². The number of nitrogens with one attached hydrogen (secondary N) is 1. The fourth-order valence-electron chi connectivity index (χ4n) is 5.18. The molecule has 2 aliphatic rings. The summed E-state index contributed by atoms with van der Waals surface area (Å²) in [6.45, 7) is 6.45. The van der Waals surface area contributed by atoms with Crippen molar-refractivity contribution in [1.82, 2.24) is 5.32 Å². The lowest BCUT2D eigenvalue weighted by atomic mass is 9.82. The Morgan fingerprint density at radius 2 is 2.00 bits per heavy atom. The molecule has 2 aromatic carbocycles. The molecule has 2 aromatic rings. The lowest BCUT2D eigenvalue weighted by Gasteiger charge is -2.38. The van der Waals surface area contributed by atoms with Crippen LogP contribution in [-0.2, 0) is 16.1 Å². The maximum Gasteiger partial charge on any atom is 0.142 e. The Morgan fingerprint density at radius 3 is 2.74 bits per heavy atom. The molecule has 0 bridgehead atoms. The first-order valence-corrected chi connectivity index (χ1v) is 12.7. The molecule has 0 amide bonds. The highest BCUT2D eigenvalue weighted by atomic mass is 16.5. The molecule has 0 spiro atoms. The zero-order valence-corrected chi connectivity index (χ0v) is 21.2.